The number of phenols is 1. The van der Waals surface area contributed by atoms with E-state index < -0.39 is 18.2 Å². The number of aromatic hydroxyl groups is 1. The molecule has 2 aromatic rings. The second-order valence-electron chi connectivity index (χ2n) is 6.31. The molecule has 29 heavy (non-hydrogen) atoms. The largest absolute Gasteiger partial charge is 0.508 e. The first-order valence-electron chi connectivity index (χ1n) is 8.78. The molecular weight excluding hydrogens is 526 g/mol. The molecule has 2 atom stereocenters. The van der Waals surface area contributed by atoms with Gasteiger partial charge in [0.2, 0.25) is 0 Å². The summed E-state index contributed by atoms with van der Waals surface area (Å²) in [6.45, 7) is 2.01. The van der Waals surface area contributed by atoms with Gasteiger partial charge in [-0.1, -0.05) is 38.8 Å². The summed E-state index contributed by atoms with van der Waals surface area (Å²) in [5.74, 6) is -0.653. The van der Waals surface area contributed by atoms with Crippen molar-refractivity contribution in [2.45, 2.75) is 19.4 Å². The van der Waals surface area contributed by atoms with Crippen molar-refractivity contribution < 1.29 is 24.2 Å². The number of amides is 1. The number of anilines is 1. The standard InChI is InChI=1S/C20H21Br2NO5S/c1-12(8-9-27-18(25)11-29)19(16-10-14(22)4-7-17(16)24)28-20(26)23-15-5-2-13(21)3-6-15/h2-7,10,12,19,24,29H,8-9,11H2,1H3,(H,23,26)/t12-,19+/m1/s1. The maximum absolute atomic E-state index is 12.5. The van der Waals surface area contributed by atoms with Crippen molar-refractivity contribution in [3.8, 4) is 5.75 Å². The zero-order valence-corrected chi connectivity index (χ0v) is 19.7. The average molecular weight is 547 g/mol. The number of hydrogen-bond donors (Lipinski definition) is 3. The molecule has 2 aromatic carbocycles. The van der Waals surface area contributed by atoms with E-state index in [1.807, 2.05) is 6.92 Å². The van der Waals surface area contributed by atoms with Gasteiger partial charge < -0.3 is 14.6 Å². The first-order valence-corrected chi connectivity index (χ1v) is 11.0. The highest BCUT2D eigenvalue weighted by Crippen LogP contribution is 2.36. The Morgan fingerprint density at radius 2 is 1.79 bits per heavy atom. The Kier molecular flexibility index (Phi) is 9.32. The molecule has 6 nitrogen and oxygen atoms in total. The van der Waals surface area contributed by atoms with Gasteiger partial charge in [0.1, 0.15) is 11.9 Å². The third-order valence-electron chi connectivity index (χ3n) is 4.10. The Balaban J connectivity index is 2.14. The summed E-state index contributed by atoms with van der Waals surface area (Å²) in [6, 6.07) is 12.0. The van der Waals surface area contributed by atoms with Gasteiger partial charge in [-0.15, -0.1) is 0 Å². The Labute approximate surface area is 191 Å². The van der Waals surface area contributed by atoms with Crippen molar-refractivity contribution >= 4 is 62.2 Å². The molecule has 0 saturated carbocycles. The lowest BCUT2D eigenvalue weighted by atomic mass is 9.94. The minimum atomic E-state index is -0.752. The predicted octanol–water partition coefficient (Wildman–Crippen LogP) is 5.71. The van der Waals surface area contributed by atoms with Crippen LogP contribution in [0.25, 0.3) is 0 Å². The average Bonchev–Trinajstić information content (AvgIpc) is 2.69. The molecule has 9 heteroatoms. The molecule has 0 spiro atoms. The normalized spacial score (nSPS) is 12.7. The maximum Gasteiger partial charge on any atom is 0.412 e. The second kappa shape index (κ2) is 11.5. The first kappa shape index (κ1) is 23.6. The molecule has 1 amide bonds. The van der Waals surface area contributed by atoms with Gasteiger partial charge >= 0.3 is 12.1 Å². The predicted molar refractivity (Wildman–Crippen MR) is 121 cm³/mol. The Morgan fingerprint density at radius 3 is 2.45 bits per heavy atom. The minimum absolute atomic E-state index is 0.00365. The molecule has 156 valence electrons. The summed E-state index contributed by atoms with van der Waals surface area (Å²) in [5.41, 5.74) is 1.03. The second-order valence-corrected chi connectivity index (χ2v) is 8.45. The molecule has 0 heterocycles. The molecule has 0 aromatic heterocycles. The SMILES string of the molecule is C[C@H](CCOC(=O)CS)[C@H](OC(=O)Nc1ccc(Br)cc1)c1cc(Br)ccc1O. The fourth-order valence-corrected chi connectivity index (χ4v) is 3.33. The molecule has 0 radical (unpaired) electrons. The third-order valence-corrected chi connectivity index (χ3v) is 5.38. The van der Waals surface area contributed by atoms with E-state index in [0.29, 0.717) is 17.7 Å². The molecule has 0 aliphatic heterocycles. The van der Waals surface area contributed by atoms with Crippen LogP contribution in [0.3, 0.4) is 0 Å². The van der Waals surface area contributed by atoms with Crippen LogP contribution in [0.1, 0.15) is 25.0 Å². The molecule has 0 aliphatic rings. The van der Waals surface area contributed by atoms with E-state index >= 15 is 0 Å². The summed E-state index contributed by atoms with van der Waals surface area (Å²) in [4.78, 5) is 23.8. The number of esters is 1. The van der Waals surface area contributed by atoms with E-state index in [4.69, 9.17) is 9.47 Å². The van der Waals surface area contributed by atoms with Crippen LogP contribution in [-0.4, -0.2) is 29.5 Å². The summed E-state index contributed by atoms with van der Waals surface area (Å²) < 4.78 is 12.3. The lowest BCUT2D eigenvalue weighted by Gasteiger charge is -2.25. The Bertz CT molecular complexity index is 847. The van der Waals surface area contributed by atoms with E-state index in [2.05, 4.69) is 49.8 Å². The van der Waals surface area contributed by atoms with Gasteiger partial charge in [0.15, 0.2) is 0 Å². The summed E-state index contributed by atoms with van der Waals surface area (Å²) in [6.07, 6.45) is -0.977. The highest BCUT2D eigenvalue weighted by molar-refractivity contribution is 9.10. The van der Waals surface area contributed by atoms with Crippen molar-refractivity contribution in [2.75, 3.05) is 17.7 Å². The van der Waals surface area contributed by atoms with Crippen LogP contribution in [0.15, 0.2) is 51.4 Å². The van der Waals surface area contributed by atoms with Crippen LogP contribution in [0.4, 0.5) is 10.5 Å². The van der Waals surface area contributed by atoms with Gasteiger partial charge in [0, 0.05) is 26.1 Å². The number of benzene rings is 2. The van der Waals surface area contributed by atoms with E-state index in [-0.39, 0.29) is 24.0 Å². The number of phenolic OH excluding ortho intramolecular Hbond substituents is 1. The van der Waals surface area contributed by atoms with E-state index in [1.165, 1.54) is 6.07 Å². The number of halogens is 2. The quantitative estimate of drug-likeness (QED) is 0.292. The summed E-state index contributed by atoms with van der Waals surface area (Å²) in [5, 5.41) is 13.0. The molecule has 0 bridgehead atoms. The van der Waals surface area contributed by atoms with Crippen LogP contribution in [0.2, 0.25) is 0 Å². The van der Waals surface area contributed by atoms with Gasteiger partial charge in [0.25, 0.3) is 0 Å². The molecule has 2 N–H and O–H groups in total. The molecule has 0 aliphatic carbocycles. The number of carbonyl (C=O) groups excluding carboxylic acids is 2. The van der Waals surface area contributed by atoms with Crippen molar-refractivity contribution in [2.24, 2.45) is 5.92 Å². The van der Waals surface area contributed by atoms with Gasteiger partial charge in [0.05, 0.1) is 12.4 Å². The maximum atomic E-state index is 12.5. The topological polar surface area (TPSA) is 84.9 Å². The number of ether oxygens (including phenoxy) is 2. The van der Waals surface area contributed by atoms with Crippen molar-refractivity contribution in [1.82, 2.24) is 0 Å². The highest BCUT2D eigenvalue weighted by atomic mass is 79.9. The zero-order valence-electron chi connectivity index (χ0n) is 15.6. The number of thiol groups is 1. The number of nitrogens with one attached hydrogen (secondary N) is 1. The molecule has 0 saturated heterocycles. The van der Waals surface area contributed by atoms with E-state index in [9.17, 15) is 14.7 Å². The highest BCUT2D eigenvalue weighted by Gasteiger charge is 2.27. The lowest BCUT2D eigenvalue weighted by Crippen LogP contribution is -2.23. The molecular formula is C20H21Br2NO5S. The zero-order chi connectivity index (χ0) is 21.4. The van der Waals surface area contributed by atoms with E-state index in [1.54, 1.807) is 36.4 Å². The Morgan fingerprint density at radius 1 is 1.14 bits per heavy atom. The number of hydrogen-bond acceptors (Lipinski definition) is 6. The smallest absolute Gasteiger partial charge is 0.412 e. The number of rotatable bonds is 8. The fraction of sp³-hybridized carbons (Fsp3) is 0.300. The first-order chi connectivity index (χ1) is 13.8. The molecule has 2 rings (SSSR count). The Hall–Kier alpha value is -1.71. The van der Waals surface area contributed by atoms with Crippen LogP contribution < -0.4 is 5.32 Å². The van der Waals surface area contributed by atoms with Crippen LogP contribution >= 0.6 is 44.5 Å². The fourth-order valence-electron chi connectivity index (χ4n) is 2.59. The molecule has 0 unspecified atom stereocenters. The van der Waals surface area contributed by atoms with Gasteiger partial charge in [-0.3, -0.25) is 10.1 Å². The van der Waals surface area contributed by atoms with Crippen molar-refractivity contribution in [1.29, 1.82) is 0 Å². The number of carbonyl (C=O) groups is 2. The third kappa shape index (κ3) is 7.56. The van der Waals surface area contributed by atoms with Crippen molar-refractivity contribution in [3.05, 3.63) is 57.0 Å². The summed E-state index contributed by atoms with van der Waals surface area (Å²) in [7, 11) is 0. The van der Waals surface area contributed by atoms with Gasteiger partial charge in [-0.25, -0.2) is 4.79 Å². The van der Waals surface area contributed by atoms with Crippen LogP contribution in [0, 0.1) is 5.92 Å². The molecule has 0 fully saturated rings. The van der Waals surface area contributed by atoms with Crippen molar-refractivity contribution in [3.63, 3.8) is 0 Å². The lowest BCUT2D eigenvalue weighted by molar-refractivity contribution is -0.141. The van der Waals surface area contributed by atoms with Crippen LogP contribution in [-0.2, 0) is 14.3 Å². The van der Waals surface area contributed by atoms with Gasteiger partial charge in [-0.2, -0.15) is 12.6 Å². The van der Waals surface area contributed by atoms with E-state index in [0.717, 1.165) is 8.95 Å². The van der Waals surface area contributed by atoms with Gasteiger partial charge in [-0.05, 0) is 48.9 Å². The minimum Gasteiger partial charge on any atom is -0.508 e. The monoisotopic (exact) mass is 545 g/mol. The van der Waals surface area contributed by atoms with Crippen LogP contribution in [0.5, 0.6) is 5.75 Å². The summed E-state index contributed by atoms with van der Waals surface area (Å²) >= 11 is 10.6.